The molecule has 1 heterocycles. The maximum absolute atomic E-state index is 3.99. The second kappa shape index (κ2) is 3.49. The zero-order valence-corrected chi connectivity index (χ0v) is 9.04. The first-order valence-corrected chi connectivity index (χ1v) is 5.34. The summed E-state index contributed by atoms with van der Waals surface area (Å²) in [5, 5.41) is 8.77. The zero-order valence-electron chi connectivity index (χ0n) is 6.07. The van der Waals surface area contributed by atoms with Crippen LogP contribution in [0.1, 0.15) is 0 Å². The number of benzene rings is 1. The number of aromatic nitrogens is 2. The molecule has 0 bridgehead atoms. The van der Waals surface area contributed by atoms with Crippen LogP contribution in [0.2, 0.25) is 0 Å². The topological polar surface area (TPSA) is 25.8 Å². The van der Waals surface area contributed by atoms with E-state index in [2.05, 4.69) is 44.9 Å². The van der Waals surface area contributed by atoms with Gasteiger partial charge in [-0.1, -0.05) is 23.5 Å². The molecule has 0 unspecified atom stereocenters. The van der Waals surface area contributed by atoms with Gasteiger partial charge in [0.25, 0.3) is 0 Å². The van der Waals surface area contributed by atoms with Crippen molar-refractivity contribution in [1.29, 1.82) is 0 Å². The minimum absolute atomic E-state index is 0.980. The van der Waals surface area contributed by atoms with Crippen molar-refractivity contribution in [3.63, 3.8) is 0 Å². The van der Waals surface area contributed by atoms with Crippen molar-refractivity contribution in [2.45, 2.75) is 0 Å². The molecule has 4 heteroatoms. The van der Waals surface area contributed by atoms with Gasteiger partial charge in [-0.15, -0.1) is 10.2 Å². The van der Waals surface area contributed by atoms with Gasteiger partial charge in [0.2, 0.25) is 0 Å². The summed E-state index contributed by atoms with van der Waals surface area (Å²) in [6.07, 6.45) is 0. The van der Waals surface area contributed by atoms with E-state index < -0.39 is 0 Å². The van der Waals surface area contributed by atoms with Crippen LogP contribution in [0.15, 0.2) is 29.8 Å². The molecule has 0 aliphatic rings. The average Bonchev–Trinajstić information content (AvgIpc) is 2.56. The number of hydrogen-bond acceptors (Lipinski definition) is 3. The number of halogens is 1. The number of rotatable bonds is 1. The Morgan fingerprint density at radius 1 is 1.33 bits per heavy atom. The van der Waals surface area contributed by atoms with Gasteiger partial charge in [-0.2, -0.15) is 0 Å². The van der Waals surface area contributed by atoms with Crippen LogP contribution in [0.25, 0.3) is 10.6 Å². The fourth-order valence-corrected chi connectivity index (χ4v) is 2.01. The molecule has 0 radical (unpaired) electrons. The van der Waals surface area contributed by atoms with Crippen molar-refractivity contribution >= 4 is 33.9 Å². The van der Waals surface area contributed by atoms with Crippen LogP contribution in [-0.4, -0.2) is 10.2 Å². The third kappa shape index (κ3) is 1.64. The van der Waals surface area contributed by atoms with E-state index in [1.54, 1.807) is 16.8 Å². The van der Waals surface area contributed by atoms with Gasteiger partial charge in [0.1, 0.15) is 10.5 Å². The molecule has 0 spiro atoms. The van der Waals surface area contributed by atoms with Crippen LogP contribution in [0, 0.1) is 3.57 Å². The Labute approximate surface area is 87.8 Å². The van der Waals surface area contributed by atoms with Crippen molar-refractivity contribution in [3.8, 4) is 10.6 Å². The normalized spacial score (nSPS) is 10.1. The maximum Gasteiger partial charge on any atom is 0.147 e. The summed E-state index contributed by atoms with van der Waals surface area (Å²) < 4.78 is 1.22. The molecule has 0 saturated heterocycles. The van der Waals surface area contributed by atoms with Crippen LogP contribution in [0.5, 0.6) is 0 Å². The van der Waals surface area contributed by atoms with Gasteiger partial charge in [-0.05, 0) is 34.7 Å². The van der Waals surface area contributed by atoms with E-state index in [1.807, 2.05) is 12.1 Å². The molecule has 12 heavy (non-hydrogen) atoms. The molecule has 0 amide bonds. The van der Waals surface area contributed by atoms with Crippen molar-refractivity contribution < 1.29 is 0 Å². The SMILES string of the molecule is Ic1cccc(-c2nncs2)c1. The van der Waals surface area contributed by atoms with Gasteiger partial charge in [-0.3, -0.25) is 0 Å². The molecule has 2 aromatic rings. The second-order valence-electron chi connectivity index (χ2n) is 2.25. The molecular formula is C8H5IN2S. The van der Waals surface area contributed by atoms with E-state index in [0.29, 0.717) is 0 Å². The Bertz CT molecular complexity index is 372. The Morgan fingerprint density at radius 3 is 2.92 bits per heavy atom. The molecule has 0 aliphatic carbocycles. The Balaban J connectivity index is 2.48. The van der Waals surface area contributed by atoms with Gasteiger partial charge in [0.05, 0.1) is 0 Å². The van der Waals surface area contributed by atoms with Crippen molar-refractivity contribution in [1.82, 2.24) is 10.2 Å². The zero-order chi connectivity index (χ0) is 8.39. The summed E-state index contributed by atoms with van der Waals surface area (Å²) in [5.41, 5.74) is 2.89. The van der Waals surface area contributed by atoms with Crippen LogP contribution < -0.4 is 0 Å². The highest BCUT2D eigenvalue weighted by atomic mass is 127. The highest BCUT2D eigenvalue weighted by molar-refractivity contribution is 14.1. The minimum atomic E-state index is 0.980. The summed E-state index contributed by atoms with van der Waals surface area (Å²) >= 11 is 3.85. The Kier molecular flexibility index (Phi) is 2.36. The third-order valence-corrected chi connectivity index (χ3v) is 2.84. The molecule has 2 rings (SSSR count). The lowest BCUT2D eigenvalue weighted by atomic mass is 10.2. The number of hydrogen-bond donors (Lipinski definition) is 0. The quantitative estimate of drug-likeness (QED) is 0.754. The van der Waals surface area contributed by atoms with E-state index in [4.69, 9.17) is 0 Å². The van der Waals surface area contributed by atoms with Crippen molar-refractivity contribution in [2.24, 2.45) is 0 Å². The first kappa shape index (κ1) is 8.12. The highest BCUT2D eigenvalue weighted by Gasteiger charge is 1.99. The predicted octanol–water partition coefficient (Wildman–Crippen LogP) is 2.81. The predicted molar refractivity (Wildman–Crippen MR) is 58.1 cm³/mol. The van der Waals surface area contributed by atoms with E-state index in [9.17, 15) is 0 Å². The molecule has 0 aliphatic heterocycles. The molecule has 60 valence electrons. The molecule has 2 nitrogen and oxygen atoms in total. The lowest BCUT2D eigenvalue weighted by molar-refractivity contribution is 1.10. The summed E-state index contributed by atoms with van der Waals surface area (Å²) in [4.78, 5) is 0. The monoisotopic (exact) mass is 288 g/mol. The van der Waals surface area contributed by atoms with Gasteiger partial charge in [0.15, 0.2) is 0 Å². The summed E-state index contributed by atoms with van der Waals surface area (Å²) in [6, 6.07) is 8.23. The van der Waals surface area contributed by atoms with Gasteiger partial charge < -0.3 is 0 Å². The second-order valence-corrected chi connectivity index (χ2v) is 4.33. The average molecular weight is 288 g/mol. The standard InChI is InChI=1S/C8H5IN2S/c9-7-3-1-2-6(4-7)8-11-10-5-12-8/h1-5H. The van der Waals surface area contributed by atoms with Gasteiger partial charge in [0, 0.05) is 9.13 Å². The summed E-state index contributed by atoms with van der Waals surface area (Å²) in [7, 11) is 0. The molecule has 0 saturated carbocycles. The molecule has 0 N–H and O–H groups in total. The molecule has 0 fully saturated rings. The summed E-state index contributed by atoms with van der Waals surface area (Å²) in [6.45, 7) is 0. The maximum atomic E-state index is 3.99. The van der Waals surface area contributed by atoms with Gasteiger partial charge >= 0.3 is 0 Å². The van der Waals surface area contributed by atoms with Crippen LogP contribution in [-0.2, 0) is 0 Å². The fourth-order valence-electron chi connectivity index (χ4n) is 0.920. The van der Waals surface area contributed by atoms with Crippen molar-refractivity contribution in [3.05, 3.63) is 33.3 Å². The van der Waals surface area contributed by atoms with Crippen LogP contribution in [0.4, 0.5) is 0 Å². The lowest BCUT2D eigenvalue weighted by Crippen LogP contribution is -1.77. The van der Waals surface area contributed by atoms with E-state index >= 15 is 0 Å². The molecule has 0 atom stereocenters. The van der Waals surface area contributed by atoms with Crippen LogP contribution >= 0.6 is 33.9 Å². The Hall–Kier alpha value is -0.490. The smallest absolute Gasteiger partial charge is 0.147 e. The Morgan fingerprint density at radius 2 is 2.25 bits per heavy atom. The number of nitrogens with zero attached hydrogens (tertiary/aromatic N) is 2. The van der Waals surface area contributed by atoms with Crippen molar-refractivity contribution in [2.75, 3.05) is 0 Å². The lowest BCUT2D eigenvalue weighted by Gasteiger charge is -1.94. The first-order valence-electron chi connectivity index (χ1n) is 3.38. The molecule has 1 aromatic carbocycles. The first-order chi connectivity index (χ1) is 5.86. The summed E-state index contributed by atoms with van der Waals surface area (Å²) in [5.74, 6) is 0. The van der Waals surface area contributed by atoms with E-state index in [1.165, 1.54) is 3.57 Å². The molecule has 1 aromatic heterocycles. The minimum Gasteiger partial charge on any atom is -0.147 e. The van der Waals surface area contributed by atoms with Crippen LogP contribution in [0.3, 0.4) is 0 Å². The van der Waals surface area contributed by atoms with Gasteiger partial charge in [-0.25, -0.2) is 0 Å². The largest absolute Gasteiger partial charge is 0.147 e. The van der Waals surface area contributed by atoms with E-state index in [0.717, 1.165) is 10.6 Å². The fraction of sp³-hybridized carbons (Fsp3) is 0. The highest BCUT2D eigenvalue weighted by Crippen LogP contribution is 2.21. The van der Waals surface area contributed by atoms with E-state index in [-0.39, 0.29) is 0 Å². The molecular weight excluding hydrogens is 283 g/mol. The third-order valence-electron chi connectivity index (χ3n) is 1.43.